The van der Waals surface area contributed by atoms with E-state index in [1.54, 1.807) is 0 Å². The summed E-state index contributed by atoms with van der Waals surface area (Å²) in [5.41, 5.74) is 0. The molecule has 2 fully saturated rings. The monoisotopic (exact) mass is 291 g/mol. The van der Waals surface area contributed by atoms with Gasteiger partial charge in [-0.1, -0.05) is 18.6 Å². The number of hydrogen-bond donors (Lipinski definition) is 2. The fourth-order valence-corrected chi connectivity index (χ4v) is 4.72. The Kier molecular flexibility index (Phi) is 4.05. The van der Waals surface area contributed by atoms with Gasteiger partial charge in [0.25, 0.3) is 0 Å². The molecule has 0 aliphatic heterocycles. The van der Waals surface area contributed by atoms with Crippen LogP contribution in [-0.4, -0.2) is 23.0 Å². The Bertz CT molecular complexity index is 459. The standard InChI is InChI=1S/C17H25NO3/c1-10(15-9-11-6-7-12(15)8-11)18-16(19)13-4-2-3-5-14(13)17(20)21/h2-3,10-15H,4-9H2,1H3,(H,18,19)(H,20,21)/t10-,11-,12-,13+,14+,15+/m1/s1. The van der Waals surface area contributed by atoms with Gasteiger partial charge in [-0.2, -0.15) is 0 Å². The molecular weight excluding hydrogens is 266 g/mol. The number of nitrogens with one attached hydrogen (secondary N) is 1. The van der Waals surface area contributed by atoms with Gasteiger partial charge >= 0.3 is 5.97 Å². The predicted octanol–water partition coefficient (Wildman–Crippen LogP) is 2.59. The van der Waals surface area contributed by atoms with Crippen LogP contribution in [0, 0.1) is 29.6 Å². The van der Waals surface area contributed by atoms with Gasteiger partial charge < -0.3 is 10.4 Å². The topological polar surface area (TPSA) is 66.4 Å². The van der Waals surface area contributed by atoms with Crippen molar-refractivity contribution in [1.82, 2.24) is 5.32 Å². The van der Waals surface area contributed by atoms with Gasteiger partial charge in [-0.25, -0.2) is 0 Å². The fourth-order valence-electron chi connectivity index (χ4n) is 4.72. The minimum atomic E-state index is -0.855. The van der Waals surface area contributed by atoms with Crippen LogP contribution in [0.1, 0.15) is 45.4 Å². The van der Waals surface area contributed by atoms with Crippen LogP contribution in [0.3, 0.4) is 0 Å². The average Bonchev–Trinajstić information content (AvgIpc) is 3.09. The average molecular weight is 291 g/mol. The van der Waals surface area contributed by atoms with E-state index < -0.39 is 17.8 Å². The summed E-state index contributed by atoms with van der Waals surface area (Å²) in [6.07, 6.45) is 10.1. The normalized spacial score (nSPS) is 39.2. The summed E-state index contributed by atoms with van der Waals surface area (Å²) in [5, 5.41) is 12.4. The number of rotatable bonds is 4. The Labute approximate surface area is 126 Å². The molecule has 0 aromatic rings. The van der Waals surface area contributed by atoms with E-state index in [0.717, 1.165) is 11.8 Å². The van der Waals surface area contributed by atoms with E-state index >= 15 is 0 Å². The summed E-state index contributed by atoms with van der Waals surface area (Å²) in [4.78, 5) is 23.8. The first-order chi connectivity index (χ1) is 10.1. The van der Waals surface area contributed by atoms with Crippen molar-refractivity contribution in [3.8, 4) is 0 Å². The molecule has 3 aliphatic carbocycles. The third-order valence-corrected chi connectivity index (χ3v) is 5.89. The molecule has 2 bridgehead atoms. The number of carbonyl (C=O) groups excluding carboxylic acids is 1. The minimum Gasteiger partial charge on any atom is -0.481 e. The van der Waals surface area contributed by atoms with Crippen LogP contribution in [0.5, 0.6) is 0 Å². The molecule has 0 unspecified atom stereocenters. The van der Waals surface area contributed by atoms with Gasteiger partial charge in [0.15, 0.2) is 0 Å². The first-order valence-corrected chi connectivity index (χ1v) is 8.24. The second kappa shape index (κ2) is 5.82. The van der Waals surface area contributed by atoms with Crippen molar-refractivity contribution in [2.45, 2.75) is 51.5 Å². The highest BCUT2D eigenvalue weighted by Crippen LogP contribution is 2.49. The maximum atomic E-state index is 12.5. The summed E-state index contributed by atoms with van der Waals surface area (Å²) in [7, 11) is 0. The molecule has 4 nitrogen and oxygen atoms in total. The summed E-state index contributed by atoms with van der Waals surface area (Å²) >= 11 is 0. The number of fused-ring (bicyclic) bond motifs is 2. The zero-order valence-corrected chi connectivity index (χ0v) is 12.6. The van der Waals surface area contributed by atoms with E-state index in [-0.39, 0.29) is 11.9 Å². The van der Waals surface area contributed by atoms with Gasteiger partial charge in [-0.15, -0.1) is 0 Å². The molecule has 1 amide bonds. The Morgan fingerprint density at radius 2 is 1.86 bits per heavy atom. The second-order valence-corrected chi connectivity index (χ2v) is 7.13. The van der Waals surface area contributed by atoms with E-state index in [0.29, 0.717) is 18.8 Å². The highest BCUT2D eigenvalue weighted by atomic mass is 16.4. The summed E-state index contributed by atoms with van der Waals surface area (Å²) in [6, 6.07) is 0.174. The predicted molar refractivity (Wildman–Crippen MR) is 79.5 cm³/mol. The van der Waals surface area contributed by atoms with Gasteiger partial charge in [-0.3, -0.25) is 9.59 Å². The van der Waals surface area contributed by atoms with Crippen molar-refractivity contribution < 1.29 is 14.7 Å². The third kappa shape index (κ3) is 2.85. The molecule has 6 atom stereocenters. The molecule has 21 heavy (non-hydrogen) atoms. The van der Waals surface area contributed by atoms with Crippen LogP contribution in [0.25, 0.3) is 0 Å². The lowest BCUT2D eigenvalue weighted by Gasteiger charge is -2.31. The van der Waals surface area contributed by atoms with Crippen molar-refractivity contribution in [2.24, 2.45) is 29.6 Å². The molecule has 4 heteroatoms. The quantitative estimate of drug-likeness (QED) is 0.782. The summed E-state index contributed by atoms with van der Waals surface area (Å²) < 4.78 is 0. The lowest BCUT2D eigenvalue weighted by Crippen LogP contribution is -2.46. The molecule has 0 heterocycles. The molecule has 3 rings (SSSR count). The van der Waals surface area contributed by atoms with E-state index in [9.17, 15) is 14.7 Å². The Balaban J connectivity index is 1.60. The summed E-state index contributed by atoms with van der Waals surface area (Å²) in [5.74, 6) is 0.329. The highest BCUT2D eigenvalue weighted by Gasteiger charge is 2.43. The Hall–Kier alpha value is -1.32. The van der Waals surface area contributed by atoms with E-state index in [4.69, 9.17) is 0 Å². The molecule has 0 spiro atoms. The van der Waals surface area contributed by atoms with Gasteiger partial charge in [0.05, 0.1) is 11.8 Å². The van der Waals surface area contributed by atoms with Gasteiger partial charge in [0.1, 0.15) is 0 Å². The first-order valence-electron chi connectivity index (χ1n) is 8.24. The van der Waals surface area contributed by atoms with Crippen molar-refractivity contribution >= 4 is 11.9 Å². The summed E-state index contributed by atoms with van der Waals surface area (Å²) in [6.45, 7) is 2.09. The van der Waals surface area contributed by atoms with Crippen LogP contribution in [0.2, 0.25) is 0 Å². The van der Waals surface area contributed by atoms with Gasteiger partial charge in [-0.05, 0) is 56.8 Å². The maximum absolute atomic E-state index is 12.5. The maximum Gasteiger partial charge on any atom is 0.307 e. The number of carboxylic acid groups (broad SMARTS) is 1. The number of amides is 1. The second-order valence-electron chi connectivity index (χ2n) is 7.13. The lowest BCUT2D eigenvalue weighted by atomic mass is 9.81. The van der Waals surface area contributed by atoms with Gasteiger partial charge in [0, 0.05) is 6.04 Å². The molecule has 0 aromatic carbocycles. The van der Waals surface area contributed by atoms with E-state index in [2.05, 4.69) is 12.2 Å². The van der Waals surface area contributed by atoms with Crippen molar-refractivity contribution in [3.63, 3.8) is 0 Å². The number of hydrogen-bond acceptors (Lipinski definition) is 2. The van der Waals surface area contributed by atoms with Crippen molar-refractivity contribution in [3.05, 3.63) is 12.2 Å². The molecule has 116 valence electrons. The third-order valence-electron chi connectivity index (χ3n) is 5.89. The molecule has 2 N–H and O–H groups in total. The van der Waals surface area contributed by atoms with Crippen molar-refractivity contribution in [1.29, 1.82) is 0 Å². The van der Waals surface area contributed by atoms with Crippen LogP contribution >= 0.6 is 0 Å². The lowest BCUT2D eigenvalue weighted by molar-refractivity contribution is -0.147. The molecule has 3 aliphatic rings. The van der Waals surface area contributed by atoms with Crippen LogP contribution in [-0.2, 0) is 9.59 Å². The molecule has 0 saturated heterocycles. The minimum absolute atomic E-state index is 0.0676. The van der Waals surface area contributed by atoms with Crippen LogP contribution < -0.4 is 5.32 Å². The number of carbonyl (C=O) groups is 2. The van der Waals surface area contributed by atoms with Gasteiger partial charge in [0.2, 0.25) is 5.91 Å². The van der Waals surface area contributed by atoms with Crippen molar-refractivity contribution in [2.75, 3.05) is 0 Å². The fraction of sp³-hybridized carbons (Fsp3) is 0.765. The molecule has 2 saturated carbocycles. The molecule has 0 radical (unpaired) electrons. The first kappa shape index (κ1) is 14.6. The Morgan fingerprint density at radius 3 is 2.43 bits per heavy atom. The Morgan fingerprint density at radius 1 is 1.14 bits per heavy atom. The highest BCUT2D eigenvalue weighted by molar-refractivity contribution is 5.85. The molecular formula is C17H25NO3. The SMILES string of the molecule is C[C@@H](NC(=O)[C@H]1CC=CC[C@@H]1C(=O)O)[C@@H]1C[C@@H]2CC[C@@H]1C2. The number of aliphatic carboxylic acids is 1. The van der Waals surface area contributed by atoms with Crippen LogP contribution in [0.4, 0.5) is 0 Å². The number of carboxylic acids is 1. The number of allylic oxidation sites excluding steroid dienone is 2. The molecule has 0 aromatic heterocycles. The van der Waals surface area contributed by atoms with Crippen LogP contribution in [0.15, 0.2) is 12.2 Å². The largest absolute Gasteiger partial charge is 0.481 e. The zero-order chi connectivity index (χ0) is 15.0. The van der Waals surface area contributed by atoms with E-state index in [1.807, 2.05) is 12.2 Å². The van der Waals surface area contributed by atoms with E-state index in [1.165, 1.54) is 25.7 Å². The smallest absolute Gasteiger partial charge is 0.307 e. The zero-order valence-electron chi connectivity index (χ0n) is 12.6.